The van der Waals surface area contributed by atoms with Crippen molar-refractivity contribution in [3.8, 4) is 0 Å². The Bertz CT molecular complexity index is 682. The quantitative estimate of drug-likeness (QED) is 0.896. The predicted octanol–water partition coefficient (Wildman–Crippen LogP) is 1.96. The zero-order valence-corrected chi connectivity index (χ0v) is 12.5. The number of alkyl halides is 3. The van der Waals surface area contributed by atoms with Crippen molar-refractivity contribution in [2.24, 2.45) is 7.05 Å². The van der Waals surface area contributed by atoms with Crippen LogP contribution >= 0.6 is 11.3 Å². The second-order valence-corrected chi connectivity index (χ2v) is 5.61. The number of thiazole rings is 1. The van der Waals surface area contributed by atoms with Crippen LogP contribution in [0, 0.1) is 6.92 Å². The number of amides is 1. The van der Waals surface area contributed by atoms with E-state index in [-0.39, 0.29) is 5.82 Å². The molecule has 2 N–H and O–H groups in total. The number of hydrogen-bond donors (Lipinski definition) is 2. The summed E-state index contributed by atoms with van der Waals surface area (Å²) in [4.78, 5) is 15.5. The summed E-state index contributed by atoms with van der Waals surface area (Å²) in [6.07, 6.45) is -4.70. The Balaban J connectivity index is 2.22. The van der Waals surface area contributed by atoms with Crippen molar-refractivity contribution < 1.29 is 23.1 Å². The van der Waals surface area contributed by atoms with E-state index in [1.807, 2.05) is 0 Å². The van der Waals surface area contributed by atoms with E-state index in [4.69, 9.17) is 0 Å². The highest BCUT2D eigenvalue weighted by Crippen LogP contribution is 2.42. The summed E-state index contributed by atoms with van der Waals surface area (Å²) in [5.74, 6) is -0.904. The average Bonchev–Trinajstić information content (AvgIpc) is 2.97. The zero-order valence-electron chi connectivity index (χ0n) is 11.7. The minimum atomic E-state index is -5.03. The molecule has 2 rings (SSSR count). The van der Waals surface area contributed by atoms with Crippen molar-refractivity contribution in [1.82, 2.24) is 14.8 Å². The van der Waals surface area contributed by atoms with E-state index < -0.39 is 29.1 Å². The van der Waals surface area contributed by atoms with Gasteiger partial charge in [0.25, 0.3) is 0 Å². The van der Waals surface area contributed by atoms with Gasteiger partial charge in [-0.15, -0.1) is 11.3 Å². The van der Waals surface area contributed by atoms with Crippen LogP contribution in [0.2, 0.25) is 0 Å². The Hall–Kier alpha value is -1.94. The summed E-state index contributed by atoms with van der Waals surface area (Å²) < 4.78 is 41.0. The van der Waals surface area contributed by atoms with E-state index in [9.17, 15) is 23.1 Å². The van der Waals surface area contributed by atoms with E-state index >= 15 is 0 Å². The number of aryl methyl sites for hydroxylation is 2. The van der Waals surface area contributed by atoms with Gasteiger partial charge >= 0.3 is 6.18 Å². The second-order valence-electron chi connectivity index (χ2n) is 4.75. The summed E-state index contributed by atoms with van der Waals surface area (Å²) in [5.41, 5.74) is -2.99. The van der Waals surface area contributed by atoms with E-state index in [0.717, 1.165) is 0 Å². The maximum atomic E-state index is 13.2. The molecule has 0 fully saturated rings. The Kier molecular flexibility index (Phi) is 4.25. The maximum absolute atomic E-state index is 13.2. The van der Waals surface area contributed by atoms with Crippen LogP contribution in [-0.2, 0) is 17.4 Å². The molecule has 6 nitrogen and oxygen atoms in total. The molecule has 2 aromatic rings. The van der Waals surface area contributed by atoms with Crippen LogP contribution in [-0.4, -0.2) is 32.0 Å². The molecule has 0 aromatic carbocycles. The third kappa shape index (κ3) is 3.28. The third-order valence-corrected chi connectivity index (χ3v) is 3.95. The van der Waals surface area contributed by atoms with Crippen molar-refractivity contribution in [2.75, 3.05) is 5.32 Å². The van der Waals surface area contributed by atoms with Crippen LogP contribution in [0.1, 0.15) is 17.1 Å². The number of carbonyl (C=O) groups is 1. The van der Waals surface area contributed by atoms with Gasteiger partial charge in [0.05, 0.1) is 6.42 Å². The number of hydrogen-bond acceptors (Lipinski definition) is 5. The Labute approximate surface area is 127 Å². The van der Waals surface area contributed by atoms with Crippen molar-refractivity contribution in [3.05, 3.63) is 28.3 Å². The number of anilines is 1. The first-order valence-corrected chi connectivity index (χ1v) is 7.01. The van der Waals surface area contributed by atoms with Gasteiger partial charge in [0.15, 0.2) is 5.82 Å². The highest BCUT2D eigenvalue weighted by atomic mass is 32.1. The third-order valence-electron chi connectivity index (χ3n) is 2.84. The number of halogens is 3. The molecular weight excluding hydrogens is 321 g/mol. The topological polar surface area (TPSA) is 80.0 Å². The molecule has 10 heteroatoms. The number of nitrogens with one attached hydrogen (secondary N) is 1. The molecule has 0 spiro atoms. The minimum Gasteiger partial charge on any atom is -0.374 e. The van der Waals surface area contributed by atoms with Gasteiger partial charge in [-0.3, -0.25) is 9.48 Å². The lowest BCUT2D eigenvalue weighted by atomic mass is 9.99. The van der Waals surface area contributed by atoms with Crippen LogP contribution in [0.25, 0.3) is 0 Å². The molecule has 0 saturated carbocycles. The summed E-state index contributed by atoms with van der Waals surface area (Å²) in [5, 5.41) is 16.9. The van der Waals surface area contributed by atoms with Crippen molar-refractivity contribution in [3.63, 3.8) is 0 Å². The molecule has 2 heterocycles. The SMILES string of the molecule is Cc1csc(C(O)(CC(=O)Nc2ccn(C)n2)C(F)(F)F)n1. The number of nitrogens with zero attached hydrogens (tertiary/aromatic N) is 3. The first kappa shape index (κ1) is 16.4. The summed E-state index contributed by atoms with van der Waals surface area (Å²) >= 11 is 0.655. The number of rotatable bonds is 4. The van der Waals surface area contributed by atoms with Gasteiger partial charge in [0.1, 0.15) is 5.01 Å². The molecule has 2 aromatic heterocycles. The molecular formula is C12H13F3N4O2S. The summed E-state index contributed by atoms with van der Waals surface area (Å²) in [6, 6.07) is 1.43. The van der Waals surface area contributed by atoms with Crippen LogP contribution in [0.5, 0.6) is 0 Å². The summed E-state index contributed by atoms with van der Waals surface area (Å²) in [7, 11) is 1.60. The predicted molar refractivity (Wildman–Crippen MR) is 73.3 cm³/mol. The molecule has 1 amide bonds. The maximum Gasteiger partial charge on any atom is 0.424 e. The molecule has 0 bridgehead atoms. The van der Waals surface area contributed by atoms with E-state index in [2.05, 4.69) is 15.4 Å². The van der Waals surface area contributed by atoms with E-state index in [0.29, 0.717) is 17.0 Å². The highest BCUT2D eigenvalue weighted by Gasteiger charge is 2.58. The lowest BCUT2D eigenvalue weighted by Crippen LogP contribution is -2.45. The standard InChI is InChI=1S/C12H13F3N4O2S/c1-7-6-22-10(16-7)11(21,12(13,14)15)5-9(20)17-8-3-4-19(2)18-8/h3-4,6,21H,5H2,1-2H3,(H,17,18,20). The molecule has 0 aliphatic heterocycles. The Morgan fingerprint density at radius 2 is 2.18 bits per heavy atom. The van der Waals surface area contributed by atoms with Gasteiger partial charge in [0, 0.05) is 30.4 Å². The van der Waals surface area contributed by atoms with Gasteiger partial charge in [-0.2, -0.15) is 18.3 Å². The fourth-order valence-corrected chi connectivity index (χ4v) is 2.66. The highest BCUT2D eigenvalue weighted by molar-refractivity contribution is 7.09. The molecule has 0 radical (unpaired) electrons. The van der Waals surface area contributed by atoms with Gasteiger partial charge in [-0.05, 0) is 6.92 Å². The fraction of sp³-hybridized carbons (Fsp3) is 0.417. The van der Waals surface area contributed by atoms with Crippen LogP contribution < -0.4 is 5.32 Å². The second kappa shape index (κ2) is 5.69. The number of aliphatic hydroxyl groups is 1. The molecule has 22 heavy (non-hydrogen) atoms. The van der Waals surface area contributed by atoms with Gasteiger partial charge < -0.3 is 10.4 Å². The smallest absolute Gasteiger partial charge is 0.374 e. The lowest BCUT2D eigenvalue weighted by molar-refractivity contribution is -0.266. The number of aromatic nitrogens is 3. The van der Waals surface area contributed by atoms with E-state index in [1.165, 1.54) is 29.2 Å². The lowest BCUT2D eigenvalue weighted by Gasteiger charge is -2.27. The summed E-state index contributed by atoms with van der Waals surface area (Å²) in [6.45, 7) is 1.50. The molecule has 0 aliphatic carbocycles. The van der Waals surface area contributed by atoms with Crippen molar-refractivity contribution >= 4 is 23.1 Å². The van der Waals surface area contributed by atoms with Crippen LogP contribution in [0.3, 0.4) is 0 Å². The fourth-order valence-electron chi connectivity index (χ4n) is 1.74. The largest absolute Gasteiger partial charge is 0.424 e. The normalized spacial score (nSPS) is 14.6. The van der Waals surface area contributed by atoms with Gasteiger partial charge in [-0.25, -0.2) is 4.98 Å². The molecule has 0 aliphatic rings. The van der Waals surface area contributed by atoms with Crippen LogP contribution in [0.4, 0.5) is 19.0 Å². The van der Waals surface area contributed by atoms with Crippen molar-refractivity contribution in [2.45, 2.75) is 25.1 Å². The van der Waals surface area contributed by atoms with Crippen molar-refractivity contribution in [1.29, 1.82) is 0 Å². The molecule has 120 valence electrons. The van der Waals surface area contributed by atoms with Gasteiger partial charge in [-0.1, -0.05) is 0 Å². The monoisotopic (exact) mass is 334 g/mol. The first-order chi connectivity index (χ1) is 10.1. The zero-order chi connectivity index (χ0) is 16.5. The van der Waals surface area contributed by atoms with Crippen LogP contribution in [0.15, 0.2) is 17.6 Å². The Morgan fingerprint density at radius 3 is 2.64 bits per heavy atom. The van der Waals surface area contributed by atoms with E-state index in [1.54, 1.807) is 7.05 Å². The molecule has 1 unspecified atom stereocenters. The molecule has 1 atom stereocenters. The Morgan fingerprint density at radius 1 is 1.50 bits per heavy atom. The first-order valence-electron chi connectivity index (χ1n) is 6.13. The number of carbonyl (C=O) groups excluding carboxylic acids is 1. The minimum absolute atomic E-state index is 0.104. The van der Waals surface area contributed by atoms with Gasteiger partial charge in [0.2, 0.25) is 11.5 Å². The molecule has 0 saturated heterocycles. The average molecular weight is 334 g/mol.